The van der Waals surface area contributed by atoms with Gasteiger partial charge in [-0.15, -0.1) is 0 Å². The molecule has 1 N–H and O–H groups in total. The van der Waals surface area contributed by atoms with Gasteiger partial charge in [0.25, 0.3) is 0 Å². The van der Waals surface area contributed by atoms with Crippen LogP contribution in [0.4, 0.5) is 0 Å². The van der Waals surface area contributed by atoms with Gasteiger partial charge >= 0.3 is 0 Å². The minimum absolute atomic E-state index is 0.224. The molecule has 0 heterocycles. The Morgan fingerprint density at radius 2 is 1.79 bits per heavy atom. The highest BCUT2D eigenvalue weighted by Crippen LogP contribution is 2.07. The fourth-order valence-electron chi connectivity index (χ4n) is 1.38. The normalized spacial score (nSPS) is 9.36. The third-order valence-corrected chi connectivity index (χ3v) is 1.91. The first kappa shape index (κ1) is 10.8. The predicted octanol–water partition coefficient (Wildman–Crippen LogP) is 2.43. The van der Waals surface area contributed by atoms with Crippen molar-refractivity contribution in [1.29, 1.82) is 0 Å². The van der Waals surface area contributed by atoms with Gasteiger partial charge in [-0.2, -0.15) is 0 Å². The van der Waals surface area contributed by atoms with Gasteiger partial charge in [0.1, 0.15) is 0 Å². The molecule has 0 aliphatic carbocycles. The van der Waals surface area contributed by atoms with Gasteiger partial charge in [-0.05, 0) is 43.5 Å². The molecular formula is C13H16O. The lowest BCUT2D eigenvalue weighted by Gasteiger charge is -1.97. The molecule has 0 aliphatic rings. The van der Waals surface area contributed by atoms with Crippen molar-refractivity contribution >= 4 is 0 Å². The van der Waals surface area contributed by atoms with Crippen molar-refractivity contribution in [2.24, 2.45) is 0 Å². The quantitative estimate of drug-likeness (QED) is 0.558. The second-order valence-corrected chi connectivity index (χ2v) is 3.51. The average molecular weight is 188 g/mol. The maximum atomic E-state index is 8.58. The third-order valence-electron chi connectivity index (χ3n) is 1.91. The average Bonchev–Trinajstić information content (AvgIpc) is 2.11. The standard InChI is InChI=1S/C13H16O/c1-11-8-12(2)10-13(9-11)6-4-3-5-7-14/h8-10,14H,3,5,7H2,1-2H3. The molecule has 1 aromatic carbocycles. The van der Waals surface area contributed by atoms with E-state index in [9.17, 15) is 0 Å². The molecule has 0 spiro atoms. The van der Waals surface area contributed by atoms with Gasteiger partial charge in [-0.3, -0.25) is 0 Å². The summed E-state index contributed by atoms with van der Waals surface area (Å²) >= 11 is 0. The number of hydrogen-bond donors (Lipinski definition) is 1. The first-order valence-corrected chi connectivity index (χ1v) is 4.90. The monoisotopic (exact) mass is 188 g/mol. The van der Waals surface area contributed by atoms with Crippen LogP contribution in [0.15, 0.2) is 18.2 Å². The number of aryl methyl sites for hydroxylation is 2. The molecule has 1 heteroatoms. The minimum atomic E-state index is 0.224. The SMILES string of the molecule is Cc1cc(C)cc(C#CCCCO)c1. The van der Waals surface area contributed by atoms with Gasteiger partial charge in [0.05, 0.1) is 0 Å². The van der Waals surface area contributed by atoms with E-state index < -0.39 is 0 Å². The van der Waals surface area contributed by atoms with Crippen LogP contribution < -0.4 is 0 Å². The van der Waals surface area contributed by atoms with Crippen LogP contribution in [0.2, 0.25) is 0 Å². The highest BCUT2D eigenvalue weighted by molar-refractivity contribution is 5.39. The van der Waals surface area contributed by atoms with E-state index in [0.29, 0.717) is 0 Å². The van der Waals surface area contributed by atoms with E-state index in [0.717, 1.165) is 18.4 Å². The molecule has 0 radical (unpaired) electrons. The zero-order valence-electron chi connectivity index (χ0n) is 8.80. The molecule has 1 nitrogen and oxygen atoms in total. The summed E-state index contributed by atoms with van der Waals surface area (Å²) in [5.74, 6) is 6.15. The summed E-state index contributed by atoms with van der Waals surface area (Å²) in [5, 5.41) is 8.58. The second kappa shape index (κ2) is 5.47. The predicted molar refractivity (Wildman–Crippen MR) is 59.1 cm³/mol. The van der Waals surface area contributed by atoms with Crippen molar-refractivity contribution in [2.75, 3.05) is 6.61 Å². The number of aliphatic hydroxyl groups is 1. The number of rotatable bonds is 2. The minimum Gasteiger partial charge on any atom is -0.396 e. The van der Waals surface area contributed by atoms with Crippen molar-refractivity contribution in [1.82, 2.24) is 0 Å². The molecule has 14 heavy (non-hydrogen) atoms. The lowest BCUT2D eigenvalue weighted by molar-refractivity contribution is 0.290. The Labute approximate surface area is 85.8 Å². The maximum absolute atomic E-state index is 8.58. The summed E-state index contributed by atoms with van der Waals surface area (Å²) in [4.78, 5) is 0. The van der Waals surface area contributed by atoms with Crippen LogP contribution in [0.3, 0.4) is 0 Å². The van der Waals surface area contributed by atoms with E-state index in [4.69, 9.17) is 5.11 Å². The Kier molecular flexibility index (Phi) is 4.22. The van der Waals surface area contributed by atoms with Gasteiger partial charge < -0.3 is 5.11 Å². The molecule has 0 saturated carbocycles. The zero-order chi connectivity index (χ0) is 10.4. The first-order valence-electron chi connectivity index (χ1n) is 4.90. The fourth-order valence-corrected chi connectivity index (χ4v) is 1.38. The van der Waals surface area contributed by atoms with E-state index in [1.165, 1.54) is 11.1 Å². The van der Waals surface area contributed by atoms with Gasteiger partial charge in [-0.1, -0.05) is 17.9 Å². The van der Waals surface area contributed by atoms with Crippen LogP contribution >= 0.6 is 0 Å². The van der Waals surface area contributed by atoms with E-state index in [2.05, 4.69) is 43.9 Å². The lowest BCUT2D eigenvalue weighted by atomic mass is 10.1. The van der Waals surface area contributed by atoms with Gasteiger partial charge in [0, 0.05) is 18.6 Å². The summed E-state index contributed by atoms with van der Waals surface area (Å²) in [7, 11) is 0. The van der Waals surface area contributed by atoms with Crippen LogP contribution in [0.1, 0.15) is 29.5 Å². The van der Waals surface area contributed by atoms with Gasteiger partial charge in [-0.25, -0.2) is 0 Å². The summed E-state index contributed by atoms with van der Waals surface area (Å²) in [6.07, 6.45) is 1.53. The van der Waals surface area contributed by atoms with Crippen LogP contribution in [-0.4, -0.2) is 11.7 Å². The molecule has 1 aromatic rings. The number of hydrogen-bond acceptors (Lipinski definition) is 1. The van der Waals surface area contributed by atoms with Crippen molar-refractivity contribution in [3.63, 3.8) is 0 Å². The molecule has 0 amide bonds. The fraction of sp³-hybridized carbons (Fsp3) is 0.385. The zero-order valence-corrected chi connectivity index (χ0v) is 8.80. The largest absolute Gasteiger partial charge is 0.396 e. The van der Waals surface area contributed by atoms with E-state index >= 15 is 0 Å². The number of benzene rings is 1. The molecule has 0 atom stereocenters. The topological polar surface area (TPSA) is 20.2 Å². The molecule has 74 valence electrons. The molecule has 0 fully saturated rings. The summed E-state index contributed by atoms with van der Waals surface area (Å²) < 4.78 is 0. The molecule has 1 rings (SSSR count). The van der Waals surface area contributed by atoms with Crippen molar-refractivity contribution in [3.05, 3.63) is 34.9 Å². The van der Waals surface area contributed by atoms with Crippen LogP contribution in [-0.2, 0) is 0 Å². The molecule has 0 aliphatic heterocycles. The Balaban J connectivity index is 2.69. The van der Waals surface area contributed by atoms with Crippen LogP contribution in [0.25, 0.3) is 0 Å². The van der Waals surface area contributed by atoms with E-state index in [1.807, 2.05) is 0 Å². The molecular weight excluding hydrogens is 172 g/mol. The molecule has 0 aromatic heterocycles. The first-order chi connectivity index (χ1) is 6.72. The van der Waals surface area contributed by atoms with Crippen molar-refractivity contribution in [2.45, 2.75) is 26.7 Å². The summed E-state index contributed by atoms with van der Waals surface area (Å²) in [5.41, 5.74) is 3.56. The Hall–Kier alpha value is -1.26. The number of unbranched alkanes of at least 4 members (excludes halogenated alkanes) is 1. The highest BCUT2D eigenvalue weighted by atomic mass is 16.2. The second-order valence-electron chi connectivity index (χ2n) is 3.51. The van der Waals surface area contributed by atoms with Crippen molar-refractivity contribution < 1.29 is 5.11 Å². The van der Waals surface area contributed by atoms with Gasteiger partial charge in [0.2, 0.25) is 0 Å². The Morgan fingerprint density at radius 1 is 1.14 bits per heavy atom. The highest BCUT2D eigenvalue weighted by Gasteiger charge is 1.91. The Bertz CT molecular complexity index is 335. The van der Waals surface area contributed by atoms with E-state index in [-0.39, 0.29) is 6.61 Å². The van der Waals surface area contributed by atoms with E-state index in [1.54, 1.807) is 0 Å². The van der Waals surface area contributed by atoms with Gasteiger partial charge in [0.15, 0.2) is 0 Å². The van der Waals surface area contributed by atoms with Crippen LogP contribution in [0.5, 0.6) is 0 Å². The molecule has 0 bridgehead atoms. The molecule has 0 unspecified atom stereocenters. The van der Waals surface area contributed by atoms with Crippen molar-refractivity contribution in [3.8, 4) is 11.8 Å². The smallest absolute Gasteiger partial charge is 0.0440 e. The Morgan fingerprint density at radius 3 is 2.36 bits per heavy atom. The third kappa shape index (κ3) is 3.64. The van der Waals surface area contributed by atoms with Crippen LogP contribution in [0, 0.1) is 25.7 Å². The molecule has 0 saturated heterocycles. The summed E-state index contributed by atoms with van der Waals surface area (Å²) in [6, 6.07) is 6.30. The summed E-state index contributed by atoms with van der Waals surface area (Å²) in [6.45, 7) is 4.37. The number of aliphatic hydroxyl groups excluding tert-OH is 1. The maximum Gasteiger partial charge on any atom is 0.0440 e. The lowest BCUT2D eigenvalue weighted by Crippen LogP contribution is -1.82.